The predicted octanol–water partition coefficient (Wildman–Crippen LogP) is 2.67. The Kier molecular flexibility index (Phi) is 3.37. The maximum absolute atomic E-state index is 13.5. The molecule has 4 nitrogen and oxygen atoms in total. The number of aryl methyl sites for hydroxylation is 1. The maximum Gasteiger partial charge on any atom is 0.259 e. The summed E-state index contributed by atoms with van der Waals surface area (Å²) in [4.78, 5) is 12.0. The minimum Gasteiger partial charge on any atom is -0.505 e. The molecule has 0 atom stereocenters. The van der Waals surface area contributed by atoms with Crippen LogP contribution in [0.2, 0.25) is 0 Å². The molecule has 0 saturated heterocycles. The van der Waals surface area contributed by atoms with Crippen molar-refractivity contribution in [3.63, 3.8) is 0 Å². The average Bonchev–Trinajstić information content (AvgIpc) is 2.37. The zero-order chi connectivity index (χ0) is 14.0. The molecule has 2 aromatic rings. The van der Waals surface area contributed by atoms with E-state index in [1.807, 2.05) is 0 Å². The number of amides is 1. The Morgan fingerprint density at radius 3 is 2.79 bits per heavy atom. The SMILES string of the molecule is Cc1ccc(F)c(NC(=O)c2cccc(N)c2O)c1. The normalized spacial score (nSPS) is 10.2. The number of nitrogens with one attached hydrogen (secondary N) is 1. The third-order valence-electron chi connectivity index (χ3n) is 2.68. The lowest BCUT2D eigenvalue weighted by molar-refractivity contribution is 0.102. The Bertz CT molecular complexity index is 641. The van der Waals surface area contributed by atoms with Crippen LogP contribution in [-0.4, -0.2) is 11.0 Å². The van der Waals surface area contributed by atoms with Crippen molar-refractivity contribution in [3.05, 3.63) is 53.3 Å². The monoisotopic (exact) mass is 260 g/mol. The van der Waals surface area contributed by atoms with Gasteiger partial charge in [0.2, 0.25) is 0 Å². The second-order valence-electron chi connectivity index (χ2n) is 4.18. The Morgan fingerprint density at radius 2 is 2.05 bits per heavy atom. The molecule has 4 N–H and O–H groups in total. The highest BCUT2D eigenvalue weighted by Crippen LogP contribution is 2.25. The summed E-state index contributed by atoms with van der Waals surface area (Å²) < 4.78 is 13.5. The molecular weight excluding hydrogens is 247 g/mol. The minimum atomic E-state index is -0.616. The van der Waals surface area contributed by atoms with Gasteiger partial charge in [0.05, 0.1) is 16.9 Å². The Hall–Kier alpha value is -2.56. The highest BCUT2D eigenvalue weighted by molar-refractivity contribution is 6.07. The first-order valence-electron chi connectivity index (χ1n) is 5.64. The molecule has 2 rings (SSSR count). The van der Waals surface area contributed by atoms with Crippen molar-refractivity contribution in [2.24, 2.45) is 0 Å². The number of halogens is 1. The van der Waals surface area contributed by atoms with Gasteiger partial charge in [-0.2, -0.15) is 0 Å². The summed E-state index contributed by atoms with van der Waals surface area (Å²) in [5, 5.41) is 12.1. The van der Waals surface area contributed by atoms with Crippen molar-refractivity contribution in [1.29, 1.82) is 0 Å². The summed E-state index contributed by atoms with van der Waals surface area (Å²) in [7, 11) is 0. The molecule has 98 valence electrons. The summed E-state index contributed by atoms with van der Waals surface area (Å²) in [6.45, 7) is 1.78. The minimum absolute atomic E-state index is 0.000839. The van der Waals surface area contributed by atoms with Gasteiger partial charge in [-0.3, -0.25) is 4.79 Å². The fourth-order valence-electron chi connectivity index (χ4n) is 1.67. The molecule has 0 aliphatic carbocycles. The van der Waals surface area contributed by atoms with E-state index in [9.17, 15) is 14.3 Å². The summed E-state index contributed by atoms with van der Waals surface area (Å²) in [5.74, 6) is -1.47. The van der Waals surface area contributed by atoms with E-state index in [2.05, 4.69) is 5.32 Å². The van der Waals surface area contributed by atoms with Crippen LogP contribution >= 0.6 is 0 Å². The number of nitrogens with two attached hydrogens (primary N) is 1. The van der Waals surface area contributed by atoms with Crippen LogP contribution in [0.25, 0.3) is 0 Å². The van der Waals surface area contributed by atoms with Crippen molar-refractivity contribution in [3.8, 4) is 5.75 Å². The molecule has 1 amide bonds. The van der Waals surface area contributed by atoms with Crippen molar-refractivity contribution >= 4 is 17.3 Å². The largest absolute Gasteiger partial charge is 0.505 e. The van der Waals surface area contributed by atoms with Gasteiger partial charge in [0, 0.05) is 0 Å². The average molecular weight is 260 g/mol. The number of hydrogen-bond acceptors (Lipinski definition) is 3. The van der Waals surface area contributed by atoms with Crippen LogP contribution in [0, 0.1) is 12.7 Å². The maximum atomic E-state index is 13.5. The highest BCUT2D eigenvalue weighted by atomic mass is 19.1. The lowest BCUT2D eigenvalue weighted by Gasteiger charge is -2.09. The number of nitrogen functional groups attached to an aromatic ring is 1. The van der Waals surface area contributed by atoms with Crippen LogP contribution < -0.4 is 11.1 Å². The fraction of sp³-hybridized carbons (Fsp3) is 0.0714. The van der Waals surface area contributed by atoms with E-state index >= 15 is 0 Å². The first kappa shape index (κ1) is 12.9. The smallest absolute Gasteiger partial charge is 0.259 e. The number of carbonyl (C=O) groups excluding carboxylic acids is 1. The molecule has 0 fully saturated rings. The summed E-state index contributed by atoms with van der Waals surface area (Å²) >= 11 is 0. The highest BCUT2D eigenvalue weighted by Gasteiger charge is 2.14. The van der Waals surface area contributed by atoms with Crippen LogP contribution in [0.5, 0.6) is 5.75 Å². The van der Waals surface area contributed by atoms with Gasteiger partial charge in [0.1, 0.15) is 5.82 Å². The standard InChI is InChI=1S/C14H13FN2O2/c1-8-5-6-10(15)12(7-8)17-14(19)9-3-2-4-11(16)13(9)18/h2-7,18H,16H2,1H3,(H,17,19). The molecule has 19 heavy (non-hydrogen) atoms. The van der Waals surface area contributed by atoms with Crippen molar-refractivity contribution in [2.75, 3.05) is 11.1 Å². The zero-order valence-corrected chi connectivity index (χ0v) is 10.3. The first-order chi connectivity index (χ1) is 8.99. The number of carbonyl (C=O) groups is 1. The van der Waals surface area contributed by atoms with Crippen molar-refractivity contribution < 1.29 is 14.3 Å². The molecule has 0 radical (unpaired) electrons. The van der Waals surface area contributed by atoms with Crippen LogP contribution in [0.1, 0.15) is 15.9 Å². The van der Waals surface area contributed by atoms with Gasteiger partial charge in [0.15, 0.2) is 5.75 Å². The number of anilines is 2. The van der Waals surface area contributed by atoms with Crippen LogP contribution in [0.4, 0.5) is 15.8 Å². The summed E-state index contributed by atoms with van der Waals surface area (Å²) in [5.41, 5.74) is 6.47. The molecule has 0 aromatic heterocycles. The van der Waals surface area contributed by atoms with E-state index in [0.29, 0.717) is 0 Å². The molecular formula is C14H13FN2O2. The molecule has 2 aromatic carbocycles. The van der Waals surface area contributed by atoms with Gasteiger partial charge in [-0.1, -0.05) is 12.1 Å². The lowest BCUT2D eigenvalue weighted by atomic mass is 10.1. The van der Waals surface area contributed by atoms with Crippen molar-refractivity contribution in [2.45, 2.75) is 6.92 Å². The van der Waals surface area contributed by atoms with Gasteiger partial charge < -0.3 is 16.2 Å². The molecule has 0 aliphatic heterocycles. The van der Waals surface area contributed by atoms with Gasteiger partial charge in [0.25, 0.3) is 5.91 Å². The van der Waals surface area contributed by atoms with Crippen LogP contribution in [0.3, 0.4) is 0 Å². The Balaban J connectivity index is 2.31. The summed E-state index contributed by atoms with van der Waals surface area (Å²) in [6, 6.07) is 8.80. The van der Waals surface area contributed by atoms with E-state index < -0.39 is 11.7 Å². The quantitative estimate of drug-likeness (QED) is 0.574. The molecule has 0 aliphatic rings. The second kappa shape index (κ2) is 4.97. The number of phenols is 1. The molecule has 0 unspecified atom stereocenters. The molecule has 0 spiro atoms. The fourth-order valence-corrected chi connectivity index (χ4v) is 1.67. The Morgan fingerprint density at radius 1 is 1.32 bits per heavy atom. The van der Waals surface area contributed by atoms with Crippen molar-refractivity contribution in [1.82, 2.24) is 0 Å². The molecule has 5 heteroatoms. The summed E-state index contributed by atoms with van der Waals surface area (Å²) in [6.07, 6.45) is 0. The zero-order valence-electron chi connectivity index (χ0n) is 10.3. The van der Waals surface area contributed by atoms with E-state index in [1.165, 1.54) is 30.3 Å². The Labute approximate surface area is 109 Å². The van der Waals surface area contributed by atoms with Crippen LogP contribution in [-0.2, 0) is 0 Å². The first-order valence-corrected chi connectivity index (χ1v) is 5.64. The van der Waals surface area contributed by atoms with E-state index in [-0.39, 0.29) is 22.7 Å². The third-order valence-corrected chi connectivity index (χ3v) is 2.68. The molecule has 0 heterocycles. The number of para-hydroxylation sites is 1. The van der Waals surface area contributed by atoms with Gasteiger partial charge in [-0.15, -0.1) is 0 Å². The van der Waals surface area contributed by atoms with Gasteiger partial charge in [-0.05, 0) is 36.8 Å². The third kappa shape index (κ3) is 2.65. The number of hydrogen-bond donors (Lipinski definition) is 3. The molecule has 0 saturated carbocycles. The van der Waals surface area contributed by atoms with Crippen LogP contribution in [0.15, 0.2) is 36.4 Å². The van der Waals surface area contributed by atoms with E-state index in [1.54, 1.807) is 13.0 Å². The predicted molar refractivity (Wildman–Crippen MR) is 71.6 cm³/mol. The number of phenolic OH excluding ortho intramolecular Hbond substituents is 1. The number of rotatable bonds is 2. The second-order valence-corrected chi connectivity index (χ2v) is 4.18. The number of aromatic hydroxyl groups is 1. The van der Waals surface area contributed by atoms with E-state index in [4.69, 9.17) is 5.73 Å². The topological polar surface area (TPSA) is 75.4 Å². The molecule has 0 bridgehead atoms. The number of benzene rings is 2. The van der Waals surface area contributed by atoms with E-state index in [0.717, 1.165) is 5.56 Å². The van der Waals surface area contributed by atoms with Gasteiger partial charge in [-0.25, -0.2) is 4.39 Å². The lowest BCUT2D eigenvalue weighted by Crippen LogP contribution is -2.13. The van der Waals surface area contributed by atoms with Gasteiger partial charge >= 0.3 is 0 Å².